The number of rotatable bonds is 4. The minimum Gasteiger partial charge on any atom is -0.497 e. The van der Waals surface area contributed by atoms with Crippen LogP contribution in [0.3, 0.4) is 0 Å². The number of imide groups is 1. The van der Waals surface area contributed by atoms with Crippen molar-refractivity contribution in [2.75, 3.05) is 45.2 Å². The van der Waals surface area contributed by atoms with Gasteiger partial charge in [0.2, 0.25) is 5.91 Å². The molecule has 0 saturated carbocycles. The van der Waals surface area contributed by atoms with Crippen LogP contribution in [0.4, 0.5) is 5.69 Å². The number of methoxy groups -OCH3 is 1. The Morgan fingerprint density at radius 2 is 1.46 bits per heavy atom. The van der Waals surface area contributed by atoms with E-state index in [2.05, 4.69) is 5.32 Å². The number of benzene rings is 3. The lowest BCUT2D eigenvalue weighted by Crippen LogP contribution is -2.54. The van der Waals surface area contributed by atoms with Crippen molar-refractivity contribution in [3.8, 4) is 5.75 Å². The maximum absolute atomic E-state index is 13.1. The molecule has 1 fully saturated rings. The number of anilines is 1. The van der Waals surface area contributed by atoms with Gasteiger partial charge in [0.05, 0.1) is 7.11 Å². The number of amides is 3. The van der Waals surface area contributed by atoms with E-state index in [9.17, 15) is 14.4 Å². The zero-order chi connectivity index (χ0) is 24.5. The molecular formula is C26H24N4O4S. The first-order chi connectivity index (χ1) is 17.0. The van der Waals surface area contributed by atoms with E-state index in [1.54, 1.807) is 36.3 Å². The van der Waals surface area contributed by atoms with Gasteiger partial charge in [-0.05, 0) is 54.0 Å². The van der Waals surface area contributed by atoms with Gasteiger partial charge in [-0.15, -0.1) is 0 Å². The normalized spacial score (nSPS) is 15.4. The molecular weight excluding hydrogens is 464 g/mol. The van der Waals surface area contributed by atoms with Crippen LogP contribution in [0.1, 0.15) is 20.7 Å². The van der Waals surface area contributed by atoms with Crippen molar-refractivity contribution in [3.63, 3.8) is 0 Å². The SMILES string of the molecule is COc1ccc(NC(=S)N2CCN(C(=O)CN3C(=O)c4cccc5cccc(c45)C3=O)CC2)cc1. The Bertz CT molecular complexity index is 1280. The van der Waals surface area contributed by atoms with Gasteiger partial charge in [-0.2, -0.15) is 0 Å². The van der Waals surface area contributed by atoms with E-state index in [1.807, 2.05) is 41.3 Å². The predicted molar refractivity (Wildman–Crippen MR) is 137 cm³/mol. The van der Waals surface area contributed by atoms with Crippen molar-refractivity contribution in [1.82, 2.24) is 14.7 Å². The van der Waals surface area contributed by atoms with Gasteiger partial charge in [0, 0.05) is 48.4 Å². The van der Waals surface area contributed by atoms with E-state index >= 15 is 0 Å². The fraction of sp³-hybridized carbons (Fsp3) is 0.231. The zero-order valence-electron chi connectivity index (χ0n) is 19.2. The number of nitrogens with zero attached hydrogens (tertiary/aromatic N) is 3. The molecule has 0 bridgehead atoms. The first-order valence-corrected chi connectivity index (χ1v) is 11.7. The summed E-state index contributed by atoms with van der Waals surface area (Å²) in [5, 5.41) is 5.27. The molecule has 1 N–H and O–H groups in total. The quantitative estimate of drug-likeness (QED) is 0.447. The lowest BCUT2D eigenvalue weighted by molar-refractivity contribution is -0.132. The molecule has 1 saturated heterocycles. The number of thiocarbonyl (C=S) groups is 1. The lowest BCUT2D eigenvalue weighted by Gasteiger charge is -2.37. The molecule has 0 spiro atoms. The van der Waals surface area contributed by atoms with E-state index in [4.69, 9.17) is 17.0 Å². The second kappa shape index (κ2) is 9.34. The Morgan fingerprint density at radius 1 is 0.886 bits per heavy atom. The Balaban J connectivity index is 1.20. The Hall–Kier alpha value is -3.98. The van der Waals surface area contributed by atoms with Crippen LogP contribution in [0.2, 0.25) is 0 Å². The van der Waals surface area contributed by atoms with Crippen molar-refractivity contribution in [3.05, 3.63) is 71.8 Å². The summed E-state index contributed by atoms with van der Waals surface area (Å²) in [7, 11) is 1.62. The van der Waals surface area contributed by atoms with Crippen molar-refractivity contribution < 1.29 is 19.1 Å². The first kappa shape index (κ1) is 22.8. The molecule has 3 amide bonds. The number of piperazine rings is 1. The lowest BCUT2D eigenvalue weighted by atomic mass is 9.94. The number of carbonyl (C=O) groups is 3. The molecule has 0 unspecified atom stereocenters. The third-order valence-electron chi connectivity index (χ3n) is 6.41. The van der Waals surface area contributed by atoms with Crippen LogP contribution in [0.5, 0.6) is 5.75 Å². The minimum atomic E-state index is -0.434. The molecule has 8 nitrogen and oxygen atoms in total. The second-order valence-electron chi connectivity index (χ2n) is 8.43. The van der Waals surface area contributed by atoms with E-state index in [1.165, 1.54) is 0 Å². The highest BCUT2D eigenvalue weighted by molar-refractivity contribution is 7.80. The second-order valence-corrected chi connectivity index (χ2v) is 8.82. The van der Waals surface area contributed by atoms with E-state index in [0.29, 0.717) is 47.8 Å². The Morgan fingerprint density at radius 3 is 2.03 bits per heavy atom. The fourth-order valence-corrected chi connectivity index (χ4v) is 4.80. The largest absolute Gasteiger partial charge is 0.497 e. The highest BCUT2D eigenvalue weighted by Crippen LogP contribution is 2.30. The molecule has 0 aliphatic carbocycles. The molecule has 2 aliphatic heterocycles. The average molecular weight is 489 g/mol. The maximum Gasteiger partial charge on any atom is 0.261 e. The molecule has 2 aliphatic rings. The van der Waals surface area contributed by atoms with Gasteiger partial charge in [0.25, 0.3) is 11.8 Å². The topological polar surface area (TPSA) is 82.2 Å². The Kier molecular flexibility index (Phi) is 6.08. The minimum absolute atomic E-state index is 0.257. The van der Waals surface area contributed by atoms with Crippen LogP contribution in [-0.2, 0) is 4.79 Å². The van der Waals surface area contributed by atoms with Crippen LogP contribution in [-0.4, -0.2) is 77.4 Å². The molecule has 0 aromatic heterocycles. The number of hydrogen-bond acceptors (Lipinski definition) is 5. The summed E-state index contributed by atoms with van der Waals surface area (Å²) >= 11 is 5.53. The van der Waals surface area contributed by atoms with Crippen LogP contribution in [0, 0.1) is 0 Å². The van der Waals surface area contributed by atoms with Crippen molar-refractivity contribution in [2.24, 2.45) is 0 Å². The smallest absolute Gasteiger partial charge is 0.261 e. The molecule has 0 atom stereocenters. The van der Waals surface area contributed by atoms with Crippen LogP contribution >= 0.6 is 12.2 Å². The highest BCUT2D eigenvalue weighted by Gasteiger charge is 2.35. The molecule has 0 radical (unpaired) electrons. The van der Waals surface area contributed by atoms with Gasteiger partial charge in [0.15, 0.2) is 5.11 Å². The van der Waals surface area contributed by atoms with Gasteiger partial charge in [0.1, 0.15) is 12.3 Å². The van der Waals surface area contributed by atoms with Crippen molar-refractivity contribution in [1.29, 1.82) is 0 Å². The predicted octanol–water partition coefficient (Wildman–Crippen LogP) is 2.99. The first-order valence-electron chi connectivity index (χ1n) is 11.3. The third-order valence-corrected chi connectivity index (χ3v) is 6.77. The van der Waals surface area contributed by atoms with Gasteiger partial charge >= 0.3 is 0 Å². The van der Waals surface area contributed by atoms with E-state index < -0.39 is 11.8 Å². The summed E-state index contributed by atoms with van der Waals surface area (Å²) in [6, 6.07) is 18.2. The van der Waals surface area contributed by atoms with Crippen LogP contribution < -0.4 is 10.1 Å². The summed E-state index contributed by atoms with van der Waals surface area (Å²) in [5.74, 6) is -0.362. The average Bonchev–Trinajstić information content (AvgIpc) is 2.90. The zero-order valence-corrected chi connectivity index (χ0v) is 20.0. The van der Waals surface area contributed by atoms with Crippen molar-refractivity contribution >= 4 is 51.5 Å². The summed E-state index contributed by atoms with van der Waals surface area (Å²) in [6.07, 6.45) is 0. The molecule has 3 aromatic carbocycles. The Labute approximate surface area is 208 Å². The monoisotopic (exact) mass is 488 g/mol. The summed E-state index contributed by atoms with van der Waals surface area (Å²) in [5.41, 5.74) is 1.75. The van der Waals surface area contributed by atoms with Crippen molar-refractivity contribution in [2.45, 2.75) is 0 Å². The highest BCUT2D eigenvalue weighted by atomic mass is 32.1. The van der Waals surface area contributed by atoms with Gasteiger partial charge in [-0.3, -0.25) is 19.3 Å². The number of carbonyl (C=O) groups excluding carboxylic acids is 3. The number of nitrogens with one attached hydrogen (secondary N) is 1. The van der Waals surface area contributed by atoms with Crippen LogP contribution in [0.15, 0.2) is 60.7 Å². The number of ether oxygens (including phenoxy) is 1. The molecule has 9 heteroatoms. The molecule has 5 rings (SSSR count). The molecule has 3 aromatic rings. The fourth-order valence-electron chi connectivity index (χ4n) is 4.50. The standard InChI is InChI=1S/C26H24N4O4S/c1-34-19-10-8-18(9-11-19)27-26(35)29-14-12-28(13-15-29)22(31)16-30-24(32)20-6-2-4-17-5-3-7-21(23(17)20)25(30)33/h2-11H,12-16H2,1H3,(H,27,35). The van der Waals surface area contributed by atoms with Crippen LogP contribution in [0.25, 0.3) is 10.8 Å². The summed E-state index contributed by atoms with van der Waals surface area (Å²) in [6.45, 7) is 1.73. The van der Waals surface area contributed by atoms with E-state index in [0.717, 1.165) is 21.7 Å². The molecule has 2 heterocycles. The molecule has 35 heavy (non-hydrogen) atoms. The van der Waals surface area contributed by atoms with Gasteiger partial charge < -0.3 is 19.9 Å². The van der Waals surface area contributed by atoms with Gasteiger partial charge in [-0.25, -0.2) is 0 Å². The van der Waals surface area contributed by atoms with Gasteiger partial charge in [-0.1, -0.05) is 24.3 Å². The third kappa shape index (κ3) is 4.30. The number of hydrogen-bond donors (Lipinski definition) is 1. The summed E-state index contributed by atoms with van der Waals surface area (Å²) in [4.78, 5) is 43.9. The summed E-state index contributed by atoms with van der Waals surface area (Å²) < 4.78 is 5.17. The van der Waals surface area contributed by atoms with E-state index in [-0.39, 0.29) is 12.5 Å². The molecule has 178 valence electrons. The maximum atomic E-state index is 13.1.